The first-order valence-corrected chi connectivity index (χ1v) is 6.85. The van der Waals surface area contributed by atoms with Crippen LogP contribution in [0, 0.1) is 0 Å². The number of hydrogen-bond acceptors (Lipinski definition) is 2. The third kappa shape index (κ3) is 3.98. The molecule has 0 N–H and O–H groups in total. The van der Waals surface area contributed by atoms with Gasteiger partial charge in [0.1, 0.15) is 0 Å². The average Bonchev–Trinajstić information content (AvgIpc) is 2.35. The van der Waals surface area contributed by atoms with E-state index in [0.29, 0.717) is 0 Å². The molecule has 0 atom stereocenters. The molecular formula is C14H21ClN2. The lowest BCUT2D eigenvalue weighted by Crippen LogP contribution is -2.45. The number of benzene rings is 1. The molecule has 0 amide bonds. The highest BCUT2D eigenvalue weighted by Gasteiger charge is 2.15. The molecule has 1 aromatic carbocycles. The summed E-state index contributed by atoms with van der Waals surface area (Å²) in [5.41, 5.74) is 1.36. The summed E-state index contributed by atoms with van der Waals surface area (Å²) in [4.78, 5) is 5.08. The number of halogens is 1. The van der Waals surface area contributed by atoms with E-state index >= 15 is 0 Å². The summed E-state index contributed by atoms with van der Waals surface area (Å²) >= 11 is 5.89. The van der Waals surface area contributed by atoms with Crippen molar-refractivity contribution in [2.75, 3.05) is 32.7 Å². The molecule has 0 aliphatic carbocycles. The summed E-state index contributed by atoms with van der Waals surface area (Å²) in [5.74, 6) is 0. The lowest BCUT2D eigenvalue weighted by atomic mass is 10.2. The van der Waals surface area contributed by atoms with Gasteiger partial charge < -0.3 is 4.90 Å². The smallest absolute Gasteiger partial charge is 0.0406 e. The number of hydrogen-bond donors (Lipinski definition) is 0. The summed E-state index contributed by atoms with van der Waals surface area (Å²) in [6.07, 6.45) is 1.26. The Labute approximate surface area is 109 Å². The maximum absolute atomic E-state index is 5.89. The Morgan fingerprint density at radius 3 is 2.18 bits per heavy atom. The van der Waals surface area contributed by atoms with E-state index in [0.717, 1.165) is 11.6 Å². The van der Waals surface area contributed by atoms with E-state index < -0.39 is 0 Å². The van der Waals surface area contributed by atoms with Gasteiger partial charge in [-0.25, -0.2) is 0 Å². The Bertz CT molecular complexity index is 329. The van der Waals surface area contributed by atoms with Crippen LogP contribution in [-0.4, -0.2) is 42.5 Å². The molecular weight excluding hydrogens is 232 g/mol. The van der Waals surface area contributed by atoms with Crippen molar-refractivity contribution < 1.29 is 0 Å². The van der Waals surface area contributed by atoms with E-state index in [1.165, 1.54) is 44.7 Å². The van der Waals surface area contributed by atoms with Gasteiger partial charge in [-0.2, -0.15) is 0 Å². The summed E-state index contributed by atoms with van der Waals surface area (Å²) in [5, 5.41) is 0.821. The van der Waals surface area contributed by atoms with Crippen molar-refractivity contribution in [1.82, 2.24) is 9.80 Å². The Hall–Kier alpha value is -0.570. The molecule has 94 valence electrons. The Morgan fingerprint density at radius 1 is 1.00 bits per heavy atom. The number of nitrogens with zero attached hydrogens (tertiary/aromatic N) is 2. The van der Waals surface area contributed by atoms with Crippen molar-refractivity contribution in [3.05, 3.63) is 34.9 Å². The Morgan fingerprint density at radius 2 is 1.59 bits per heavy atom. The molecule has 1 aromatic rings. The second-order valence-electron chi connectivity index (χ2n) is 4.74. The van der Waals surface area contributed by atoms with Crippen LogP contribution in [0.5, 0.6) is 0 Å². The van der Waals surface area contributed by atoms with Gasteiger partial charge in [0.2, 0.25) is 0 Å². The van der Waals surface area contributed by atoms with Crippen molar-refractivity contribution in [3.8, 4) is 0 Å². The van der Waals surface area contributed by atoms with Crippen LogP contribution in [0.25, 0.3) is 0 Å². The Balaban J connectivity index is 1.79. The maximum Gasteiger partial charge on any atom is 0.0406 e. The molecule has 0 aromatic heterocycles. The van der Waals surface area contributed by atoms with E-state index in [2.05, 4.69) is 28.9 Å². The quantitative estimate of drug-likeness (QED) is 0.813. The molecule has 0 unspecified atom stereocenters. The van der Waals surface area contributed by atoms with Gasteiger partial charge in [0, 0.05) is 37.7 Å². The predicted molar refractivity (Wildman–Crippen MR) is 73.5 cm³/mol. The van der Waals surface area contributed by atoms with Gasteiger partial charge in [-0.3, -0.25) is 4.90 Å². The first-order valence-electron chi connectivity index (χ1n) is 6.47. The van der Waals surface area contributed by atoms with E-state index in [4.69, 9.17) is 11.6 Å². The van der Waals surface area contributed by atoms with Gasteiger partial charge in [0.05, 0.1) is 0 Å². The summed E-state index contributed by atoms with van der Waals surface area (Å²) in [6.45, 7) is 9.33. The molecule has 1 saturated heterocycles. The largest absolute Gasteiger partial charge is 0.301 e. The van der Waals surface area contributed by atoms with Crippen molar-refractivity contribution in [2.45, 2.75) is 19.9 Å². The van der Waals surface area contributed by atoms with E-state index in [9.17, 15) is 0 Å². The topological polar surface area (TPSA) is 6.48 Å². The second-order valence-corrected chi connectivity index (χ2v) is 5.18. The number of rotatable bonds is 4. The monoisotopic (exact) mass is 252 g/mol. The van der Waals surface area contributed by atoms with Crippen LogP contribution in [0.3, 0.4) is 0 Å². The maximum atomic E-state index is 5.89. The van der Waals surface area contributed by atoms with Crippen LogP contribution >= 0.6 is 11.6 Å². The van der Waals surface area contributed by atoms with Crippen molar-refractivity contribution in [3.63, 3.8) is 0 Å². The van der Waals surface area contributed by atoms with E-state index in [-0.39, 0.29) is 0 Å². The minimum atomic E-state index is 0.821. The third-order valence-corrected chi connectivity index (χ3v) is 3.58. The molecule has 1 aliphatic heterocycles. The molecule has 0 bridgehead atoms. The number of piperazine rings is 1. The molecule has 1 fully saturated rings. The van der Waals surface area contributed by atoms with Gasteiger partial charge in [-0.05, 0) is 30.7 Å². The van der Waals surface area contributed by atoms with Crippen LogP contribution in [-0.2, 0) is 6.54 Å². The normalized spacial score (nSPS) is 18.5. The van der Waals surface area contributed by atoms with Gasteiger partial charge in [0.25, 0.3) is 0 Å². The van der Waals surface area contributed by atoms with Crippen LogP contribution < -0.4 is 0 Å². The summed E-state index contributed by atoms with van der Waals surface area (Å²) in [7, 11) is 0. The molecule has 0 spiro atoms. The van der Waals surface area contributed by atoms with Gasteiger partial charge in [-0.15, -0.1) is 0 Å². The molecule has 17 heavy (non-hydrogen) atoms. The van der Waals surface area contributed by atoms with Crippen molar-refractivity contribution in [1.29, 1.82) is 0 Å². The van der Waals surface area contributed by atoms with E-state index in [1.54, 1.807) is 0 Å². The first-order chi connectivity index (χ1) is 8.28. The fourth-order valence-corrected chi connectivity index (χ4v) is 2.46. The van der Waals surface area contributed by atoms with Crippen LogP contribution in [0.2, 0.25) is 5.02 Å². The SMILES string of the molecule is CCCN1CCN(Cc2ccc(Cl)cc2)CC1. The molecule has 0 radical (unpaired) electrons. The molecule has 1 heterocycles. The van der Waals surface area contributed by atoms with Crippen molar-refractivity contribution >= 4 is 11.6 Å². The first kappa shape index (κ1) is 12.9. The average molecular weight is 253 g/mol. The predicted octanol–water partition coefficient (Wildman–Crippen LogP) is 2.87. The zero-order valence-electron chi connectivity index (χ0n) is 10.5. The zero-order valence-corrected chi connectivity index (χ0v) is 11.3. The van der Waals surface area contributed by atoms with Gasteiger partial charge in [-0.1, -0.05) is 30.7 Å². The third-order valence-electron chi connectivity index (χ3n) is 3.32. The van der Waals surface area contributed by atoms with Crippen LogP contribution in [0.4, 0.5) is 0 Å². The van der Waals surface area contributed by atoms with E-state index in [1.807, 2.05) is 12.1 Å². The molecule has 3 heteroatoms. The highest BCUT2D eigenvalue weighted by molar-refractivity contribution is 6.30. The highest BCUT2D eigenvalue weighted by Crippen LogP contribution is 2.12. The van der Waals surface area contributed by atoms with Gasteiger partial charge in [0.15, 0.2) is 0 Å². The zero-order chi connectivity index (χ0) is 12.1. The standard InChI is InChI=1S/C14H21ClN2/c1-2-7-16-8-10-17(11-9-16)12-13-3-5-14(15)6-4-13/h3-6H,2,7-12H2,1H3. The second kappa shape index (κ2) is 6.39. The minimum absolute atomic E-state index is 0.821. The van der Waals surface area contributed by atoms with Crippen LogP contribution in [0.15, 0.2) is 24.3 Å². The lowest BCUT2D eigenvalue weighted by Gasteiger charge is -2.34. The molecule has 1 aliphatic rings. The fraction of sp³-hybridized carbons (Fsp3) is 0.571. The Kier molecular flexibility index (Phi) is 4.84. The fourth-order valence-electron chi connectivity index (χ4n) is 2.34. The molecule has 0 saturated carbocycles. The molecule has 2 rings (SSSR count). The highest BCUT2D eigenvalue weighted by atomic mass is 35.5. The van der Waals surface area contributed by atoms with Crippen molar-refractivity contribution in [2.24, 2.45) is 0 Å². The van der Waals surface area contributed by atoms with Crippen LogP contribution in [0.1, 0.15) is 18.9 Å². The minimum Gasteiger partial charge on any atom is -0.301 e. The lowest BCUT2D eigenvalue weighted by molar-refractivity contribution is 0.127. The summed E-state index contributed by atoms with van der Waals surface area (Å²) < 4.78 is 0. The molecule has 2 nitrogen and oxygen atoms in total. The summed E-state index contributed by atoms with van der Waals surface area (Å²) in [6, 6.07) is 8.20. The van der Waals surface area contributed by atoms with Gasteiger partial charge >= 0.3 is 0 Å².